The van der Waals surface area contributed by atoms with Crippen molar-refractivity contribution in [3.05, 3.63) is 94.0 Å². The minimum absolute atomic E-state index is 0.240. The molecule has 3 aromatic carbocycles. The van der Waals surface area contributed by atoms with Crippen molar-refractivity contribution in [3.63, 3.8) is 0 Å². The molecule has 35 heavy (non-hydrogen) atoms. The molecule has 0 aliphatic carbocycles. The van der Waals surface area contributed by atoms with Crippen molar-refractivity contribution in [2.45, 2.75) is 26.3 Å². The molecule has 3 aromatic rings. The lowest BCUT2D eigenvalue weighted by Crippen LogP contribution is -2.36. The number of halogens is 1. The number of ether oxygens (including phenoxy) is 1. The van der Waals surface area contributed by atoms with Gasteiger partial charge in [-0.15, -0.1) is 0 Å². The van der Waals surface area contributed by atoms with E-state index in [2.05, 4.69) is 50.3 Å². The zero-order valence-electron chi connectivity index (χ0n) is 19.7. The number of carboxylic acid groups (broad SMARTS) is 1. The van der Waals surface area contributed by atoms with Gasteiger partial charge in [-0.05, 0) is 92.5 Å². The Bertz CT molecular complexity index is 1140. The standard InChI is InChI=1S/C28H29BrN2O4/c1-2-34-30-27(21-5-9-24(29)10-6-21)22-15-17-31(18-16-22)19-20-3-11-25(12-4-20)35-26-13-7-23(8-14-26)28(32)33/h3-14,22H,2,15-19H2,1H3,(H,32,33). The van der Waals surface area contributed by atoms with Gasteiger partial charge in [0.25, 0.3) is 0 Å². The van der Waals surface area contributed by atoms with Crippen molar-refractivity contribution < 1.29 is 19.5 Å². The number of benzene rings is 3. The van der Waals surface area contributed by atoms with Crippen LogP contribution in [0.3, 0.4) is 0 Å². The van der Waals surface area contributed by atoms with Gasteiger partial charge in [-0.3, -0.25) is 4.90 Å². The summed E-state index contributed by atoms with van der Waals surface area (Å²) in [5.41, 5.74) is 3.63. The van der Waals surface area contributed by atoms with Gasteiger partial charge in [-0.1, -0.05) is 45.4 Å². The molecule has 1 aliphatic heterocycles. The van der Waals surface area contributed by atoms with Crippen LogP contribution in [0.1, 0.15) is 41.3 Å². The summed E-state index contributed by atoms with van der Waals surface area (Å²) in [5.74, 6) is 0.764. The summed E-state index contributed by atoms with van der Waals surface area (Å²) >= 11 is 3.51. The third-order valence-corrected chi connectivity index (χ3v) is 6.60. The molecule has 1 aliphatic rings. The molecule has 0 aromatic heterocycles. The highest BCUT2D eigenvalue weighted by atomic mass is 79.9. The highest BCUT2D eigenvalue weighted by Crippen LogP contribution is 2.26. The summed E-state index contributed by atoms with van der Waals surface area (Å²) in [5, 5.41) is 13.5. The molecule has 1 N–H and O–H groups in total. The normalized spacial score (nSPS) is 15.1. The molecule has 0 radical (unpaired) electrons. The Morgan fingerprint density at radius 3 is 2.09 bits per heavy atom. The van der Waals surface area contributed by atoms with Crippen LogP contribution >= 0.6 is 15.9 Å². The molecule has 6 nitrogen and oxygen atoms in total. The zero-order chi connectivity index (χ0) is 24.6. The van der Waals surface area contributed by atoms with Crippen molar-refractivity contribution in [3.8, 4) is 11.5 Å². The van der Waals surface area contributed by atoms with Crippen molar-refractivity contribution >= 4 is 27.6 Å². The third-order valence-electron chi connectivity index (χ3n) is 6.07. The molecule has 1 fully saturated rings. The van der Waals surface area contributed by atoms with Crippen LogP contribution in [0.4, 0.5) is 0 Å². The summed E-state index contributed by atoms with van der Waals surface area (Å²) in [6.07, 6.45) is 2.07. The monoisotopic (exact) mass is 536 g/mol. The first-order valence-electron chi connectivity index (χ1n) is 11.8. The van der Waals surface area contributed by atoms with Crippen LogP contribution < -0.4 is 4.74 Å². The van der Waals surface area contributed by atoms with Crippen molar-refractivity contribution in [1.29, 1.82) is 0 Å². The van der Waals surface area contributed by atoms with Crippen LogP contribution in [0, 0.1) is 5.92 Å². The topological polar surface area (TPSA) is 71.4 Å². The van der Waals surface area contributed by atoms with Gasteiger partial charge in [0.15, 0.2) is 0 Å². The SMILES string of the molecule is CCON=C(c1ccc(Br)cc1)C1CCN(Cc2ccc(Oc3ccc(C(=O)O)cc3)cc2)CC1. The average molecular weight is 537 g/mol. The lowest BCUT2D eigenvalue weighted by Gasteiger charge is -2.32. The van der Waals surface area contributed by atoms with Gasteiger partial charge in [0, 0.05) is 16.9 Å². The Morgan fingerprint density at radius 2 is 1.51 bits per heavy atom. The lowest BCUT2D eigenvalue weighted by atomic mass is 9.88. The lowest BCUT2D eigenvalue weighted by molar-refractivity contribution is 0.0697. The fourth-order valence-corrected chi connectivity index (χ4v) is 4.47. The second kappa shape index (κ2) is 12.0. The molecule has 1 heterocycles. The molecular weight excluding hydrogens is 508 g/mol. The maximum absolute atomic E-state index is 11.0. The van der Waals surface area contributed by atoms with Gasteiger partial charge >= 0.3 is 5.97 Å². The van der Waals surface area contributed by atoms with E-state index in [4.69, 9.17) is 14.7 Å². The number of likely N-dealkylation sites (tertiary alicyclic amines) is 1. The predicted octanol–water partition coefficient (Wildman–Crippen LogP) is 6.59. The number of piperidine rings is 1. The van der Waals surface area contributed by atoms with E-state index in [0.717, 1.165) is 54.0 Å². The van der Waals surface area contributed by atoms with Gasteiger partial charge in [0.1, 0.15) is 18.1 Å². The molecule has 0 amide bonds. The molecular formula is C28H29BrN2O4. The van der Waals surface area contributed by atoms with E-state index in [1.165, 1.54) is 17.7 Å². The number of nitrogens with zero attached hydrogens (tertiary/aromatic N) is 2. The van der Waals surface area contributed by atoms with Crippen LogP contribution in [-0.4, -0.2) is 41.4 Å². The Hall–Kier alpha value is -3.16. The molecule has 1 saturated heterocycles. The Labute approximate surface area is 214 Å². The quantitative estimate of drug-likeness (QED) is 0.246. The van der Waals surface area contributed by atoms with Crippen molar-refractivity contribution in [2.24, 2.45) is 11.1 Å². The fraction of sp³-hybridized carbons (Fsp3) is 0.286. The van der Waals surface area contributed by atoms with Gasteiger partial charge in [0.05, 0.1) is 11.3 Å². The second-order valence-electron chi connectivity index (χ2n) is 8.53. The van der Waals surface area contributed by atoms with Gasteiger partial charge in [-0.2, -0.15) is 0 Å². The molecule has 0 saturated carbocycles. The number of rotatable bonds is 9. The van der Waals surface area contributed by atoms with Crippen molar-refractivity contribution in [2.75, 3.05) is 19.7 Å². The van der Waals surface area contributed by atoms with Crippen LogP contribution in [0.25, 0.3) is 0 Å². The summed E-state index contributed by atoms with van der Waals surface area (Å²) in [6.45, 7) is 5.40. The Balaban J connectivity index is 1.31. The number of carbonyl (C=O) groups is 1. The number of oxime groups is 1. The molecule has 7 heteroatoms. The van der Waals surface area contributed by atoms with Crippen LogP contribution in [-0.2, 0) is 11.4 Å². The first-order valence-corrected chi connectivity index (χ1v) is 12.6. The van der Waals surface area contributed by atoms with E-state index in [1.807, 2.05) is 31.2 Å². The summed E-state index contributed by atoms with van der Waals surface area (Å²) in [4.78, 5) is 18.9. The number of carboxylic acids is 1. The van der Waals surface area contributed by atoms with Gasteiger partial charge in [0.2, 0.25) is 0 Å². The van der Waals surface area contributed by atoms with E-state index < -0.39 is 5.97 Å². The second-order valence-corrected chi connectivity index (χ2v) is 9.44. The van der Waals surface area contributed by atoms with Gasteiger partial charge < -0.3 is 14.7 Å². The average Bonchev–Trinajstić information content (AvgIpc) is 2.88. The summed E-state index contributed by atoms with van der Waals surface area (Å²) in [6, 6.07) is 22.8. The summed E-state index contributed by atoms with van der Waals surface area (Å²) in [7, 11) is 0. The fourth-order valence-electron chi connectivity index (χ4n) is 4.20. The number of aromatic carboxylic acids is 1. The minimum atomic E-state index is -0.948. The maximum Gasteiger partial charge on any atom is 0.335 e. The molecule has 0 atom stereocenters. The zero-order valence-corrected chi connectivity index (χ0v) is 21.3. The molecule has 0 unspecified atom stereocenters. The predicted molar refractivity (Wildman–Crippen MR) is 140 cm³/mol. The first-order chi connectivity index (χ1) is 17.0. The van der Waals surface area contributed by atoms with Crippen LogP contribution in [0.2, 0.25) is 0 Å². The van der Waals surface area contributed by atoms with E-state index in [9.17, 15) is 4.79 Å². The molecule has 4 rings (SSSR count). The number of hydrogen-bond donors (Lipinski definition) is 1. The smallest absolute Gasteiger partial charge is 0.335 e. The highest BCUT2D eigenvalue weighted by molar-refractivity contribution is 9.10. The summed E-state index contributed by atoms with van der Waals surface area (Å²) < 4.78 is 6.90. The highest BCUT2D eigenvalue weighted by Gasteiger charge is 2.25. The van der Waals surface area contributed by atoms with E-state index in [-0.39, 0.29) is 5.56 Å². The molecule has 0 spiro atoms. The van der Waals surface area contributed by atoms with E-state index in [0.29, 0.717) is 18.3 Å². The molecule has 0 bridgehead atoms. The Morgan fingerprint density at radius 1 is 0.943 bits per heavy atom. The maximum atomic E-state index is 11.0. The van der Waals surface area contributed by atoms with Crippen molar-refractivity contribution in [1.82, 2.24) is 4.90 Å². The van der Waals surface area contributed by atoms with Crippen LogP contribution in [0.15, 0.2) is 82.4 Å². The van der Waals surface area contributed by atoms with Gasteiger partial charge in [-0.25, -0.2) is 4.79 Å². The van der Waals surface area contributed by atoms with E-state index in [1.54, 1.807) is 12.1 Å². The largest absolute Gasteiger partial charge is 0.478 e. The number of hydrogen-bond acceptors (Lipinski definition) is 5. The van der Waals surface area contributed by atoms with Crippen LogP contribution in [0.5, 0.6) is 11.5 Å². The Kier molecular flexibility index (Phi) is 8.55. The molecule has 182 valence electrons. The third kappa shape index (κ3) is 6.93. The van der Waals surface area contributed by atoms with E-state index >= 15 is 0 Å². The first kappa shape index (κ1) is 24.9. The minimum Gasteiger partial charge on any atom is -0.478 e.